The Bertz CT molecular complexity index is 401. The predicted octanol–water partition coefficient (Wildman–Crippen LogP) is 3.22. The number of nitrogens with zero attached hydrogens (tertiary/aromatic N) is 1. The average molecular weight is 266 g/mol. The summed E-state index contributed by atoms with van der Waals surface area (Å²) in [6, 6.07) is 1.69. The molecule has 1 aliphatic rings. The number of halogens is 1. The lowest BCUT2D eigenvalue weighted by Gasteiger charge is -2.43. The molecule has 0 spiro atoms. The van der Waals surface area contributed by atoms with E-state index in [1.54, 1.807) is 19.4 Å². The highest BCUT2D eigenvalue weighted by atomic mass is 19.1. The first-order chi connectivity index (χ1) is 9.19. The van der Waals surface area contributed by atoms with Gasteiger partial charge in [0.15, 0.2) is 0 Å². The summed E-state index contributed by atoms with van der Waals surface area (Å²) in [6.45, 7) is 3.05. The van der Waals surface area contributed by atoms with Gasteiger partial charge in [-0.2, -0.15) is 0 Å². The molecule has 3 nitrogen and oxygen atoms in total. The number of nitrogens with one attached hydrogen (secondary N) is 1. The van der Waals surface area contributed by atoms with Crippen LogP contribution >= 0.6 is 0 Å². The molecule has 1 aromatic heterocycles. The van der Waals surface area contributed by atoms with Crippen LogP contribution in [0.5, 0.6) is 0 Å². The topological polar surface area (TPSA) is 34.1 Å². The molecule has 19 heavy (non-hydrogen) atoms. The molecule has 1 aromatic rings. The molecule has 1 fully saturated rings. The molecule has 0 amide bonds. The van der Waals surface area contributed by atoms with E-state index in [0.717, 1.165) is 37.8 Å². The van der Waals surface area contributed by atoms with Crippen LogP contribution in [0.25, 0.3) is 0 Å². The van der Waals surface area contributed by atoms with Gasteiger partial charge < -0.3 is 10.1 Å². The zero-order valence-electron chi connectivity index (χ0n) is 11.8. The third-order valence-electron chi connectivity index (χ3n) is 4.04. The van der Waals surface area contributed by atoms with Gasteiger partial charge in [-0.25, -0.2) is 4.39 Å². The van der Waals surface area contributed by atoms with E-state index in [2.05, 4.69) is 17.2 Å². The third-order valence-corrected chi connectivity index (χ3v) is 4.04. The fraction of sp³-hybridized carbons (Fsp3) is 0.667. The van der Waals surface area contributed by atoms with Gasteiger partial charge in [0, 0.05) is 19.3 Å². The zero-order chi connectivity index (χ0) is 13.7. The molecule has 1 unspecified atom stereocenters. The van der Waals surface area contributed by atoms with Crippen molar-refractivity contribution >= 4 is 0 Å². The number of pyridine rings is 1. The molecule has 2 rings (SSSR count). The maximum absolute atomic E-state index is 13.3. The van der Waals surface area contributed by atoms with Crippen molar-refractivity contribution in [3.05, 3.63) is 29.8 Å². The van der Waals surface area contributed by atoms with Gasteiger partial charge >= 0.3 is 0 Å². The fourth-order valence-corrected chi connectivity index (χ4v) is 2.68. The number of rotatable bonds is 7. The molecule has 0 aliphatic heterocycles. The molecule has 0 bridgehead atoms. The highest BCUT2D eigenvalue weighted by molar-refractivity contribution is 5.16. The Balaban J connectivity index is 2.11. The van der Waals surface area contributed by atoms with Gasteiger partial charge in [-0.3, -0.25) is 4.98 Å². The minimum Gasteiger partial charge on any atom is -0.378 e. The van der Waals surface area contributed by atoms with Gasteiger partial charge in [-0.1, -0.05) is 6.92 Å². The second-order valence-electron chi connectivity index (χ2n) is 5.39. The van der Waals surface area contributed by atoms with Crippen molar-refractivity contribution < 1.29 is 9.13 Å². The van der Waals surface area contributed by atoms with Crippen LogP contribution in [-0.4, -0.2) is 24.2 Å². The van der Waals surface area contributed by atoms with Crippen LogP contribution in [0.1, 0.15) is 50.6 Å². The summed E-state index contributed by atoms with van der Waals surface area (Å²) in [5.41, 5.74) is 0.884. The molecule has 0 saturated heterocycles. The average Bonchev–Trinajstić information content (AvgIpc) is 2.37. The molecule has 1 atom stereocenters. The van der Waals surface area contributed by atoms with Crippen LogP contribution in [0.15, 0.2) is 18.5 Å². The van der Waals surface area contributed by atoms with Crippen molar-refractivity contribution in [2.75, 3.05) is 13.7 Å². The van der Waals surface area contributed by atoms with E-state index in [0.29, 0.717) is 0 Å². The van der Waals surface area contributed by atoms with E-state index in [9.17, 15) is 4.39 Å². The van der Waals surface area contributed by atoms with Crippen LogP contribution in [0.4, 0.5) is 4.39 Å². The van der Waals surface area contributed by atoms with Crippen molar-refractivity contribution in [2.45, 2.75) is 50.7 Å². The van der Waals surface area contributed by atoms with Crippen LogP contribution in [-0.2, 0) is 4.74 Å². The van der Waals surface area contributed by atoms with Crippen molar-refractivity contribution in [1.82, 2.24) is 10.3 Å². The van der Waals surface area contributed by atoms with E-state index in [1.165, 1.54) is 12.6 Å². The third kappa shape index (κ3) is 3.51. The van der Waals surface area contributed by atoms with Crippen LogP contribution in [0.3, 0.4) is 0 Å². The molecule has 4 heteroatoms. The molecule has 0 radical (unpaired) electrons. The SMILES string of the molecule is CCCNC(CC1(OC)CCC1)c1cncc(F)c1. The van der Waals surface area contributed by atoms with Crippen molar-refractivity contribution in [2.24, 2.45) is 0 Å². The second kappa shape index (κ2) is 6.44. The summed E-state index contributed by atoms with van der Waals surface area (Å²) in [5, 5.41) is 3.48. The Morgan fingerprint density at radius 2 is 2.26 bits per heavy atom. The first kappa shape index (κ1) is 14.4. The Morgan fingerprint density at radius 3 is 2.79 bits per heavy atom. The summed E-state index contributed by atoms with van der Waals surface area (Å²) in [5.74, 6) is -0.277. The fourth-order valence-electron chi connectivity index (χ4n) is 2.68. The number of aromatic nitrogens is 1. The van der Waals surface area contributed by atoms with Crippen LogP contribution < -0.4 is 5.32 Å². The van der Waals surface area contributed by atoms with Gasteiger partial charge in [0.1, 0.15) is 5.82 Å². The molecule has 1 aliphatic carbocycles. The lowest BCUT2D eigenvalue weighted by molar-refractivity contribution is -0.0838. The normalized spacial score (nSPS) is 18.9. The minimum absolute atomic E-state index is 0.0300. The smallest absolute Gasteiger partial charge is 0.141 e. The number of hydrogen-bond donors (Lipinski definition) is 1. The van der Waals surface area contributed by atoms with Crippen molar-refractivity contribution in [1.29, 1.82) is 0 Å². The highest BCUT2D eigenvalue weighted by Crippen LogP contribution is 2.41. The Labute approximate surface area is 114 Å². The van der Waals surface area contributed by atoms with E-state index in [1.807, 2.05) is 0 Å². The molecule has 0 aromatic carbocycles. The highest BCUT2D eigenvalue weighted by Gasteiger charge is 2.39. The maximum Gasteiger partial charge on any atom is 0.141 e. The van der Waals surface area contributed by atoms with Gasteiger partial charge in [0.2, 0.25) is 0 Å². The van der Waals surface area contributed by atoms with Crippen molar-refractivity contribution in [3.63, 3.8) is 0 Å². The lowest BCUT2D eigenvalue weighted by Crippen LogP contribution is -2.43. The lowest BCUT2D eigenvalue weighted by atomic mass is 9.75. The first-order valence-corrected chi connectivity index (χ1v) is 7.08. The molecule has 106 valence electrons. The van der Waals surface area contributed by atoms with Gasteiger partial charge in [-0.15, -0.1) is 0 Å². The van der Waals surface area contributed by atoms with E-state index in [4.69, 9.17) is 4.74 Å². The standard InChI is InChI=1S/C15H23FN2O/c1-3-7-18-14(9-15(19-2)5-4-6-15)12-8-13(16)11-17-10-12/h8,10-11,14,18H,3-7,9H2,1-2H3. The monoisotopic (exact) mass is 266 g/mol. The first-order valence-electron chi connectivity index (χ1n) is 7.08. The summed E-state index contributed by atoms with van der Waals surface area (Å²) in [7, 11) is 1.78. The van der Waals surface area contributed by atoms with E-state index in [-0.39, 0.29) is 17.5 Å². The largest absolute Gasteiger partial charge is 0.378 e. The second-order valence-corrected chi connectivity index (χ2v) is 5.39. The summed E-state index contributed by atoms with van der Waals surface area (Å²) < 4.78 is 19.0. The van der Waals surface area contributed by atoms with Gasteiger partial charge in [0.25, 0.3) is 0 Å². The Morgan fingerprint density at radius 1 is 1.47 bits per heavy atom. The van der Waals surface area contributed by atoms with Crippen LogP contribution in [0.2, 0.25) is 0 Å². The van der Waals surface area contributed by atoms with Crippen molar-refractivity contribution in [3.8, 4) is 0 Å². The molecular weight excluding hydrogens is 243 g/mol. The predicted molar refractivity (Wildman–Crippen MR) is 73.4 cm³/mol. The summed E-state index contributed by atoms with van der Waals surface area (Å²) in [6.07, 6.45) is 8.34. The maximum atomic E-state index is 13.3. The van der Waals surface area contributed by atoms with E-state index >= 15 is 0 Å². The summed E-state index contributed by atoms with van der Waals surface area (Å²) >= 11 is 0. The number of hydrogen-bond acceptors (Lipinski definition) is 3. The van der Waals surface area contributed by atoms with Gasteiger partial charge in [-0.05, 0) is 50.3 Å². The molecule has 1 N–H and O–H groups in total. The zero-order valence-corrected chi connectivity index (χ0v) is 11.8. The quantitative estimate of drug-likeness (QED) is 0.822. The van der Waals surface area contributed by atoms with Gasteiger partial charge in [0.05, 0.1) is 11.8 Å². The molecule has 1 heterocycles. The number of ether oxygens (including phenoxy) is 1. The molecular formula is C15H23FN2O. The molecule has 1 saturated carbocycles. The Kier molecular flexibility index (Phi) is 4.88. The van der Waals surface area contributed by atoms with E-state index < -0.39 is 0 Å². The number of methoxy groups -OCH3 is 1. The minimum atomic E-state index is -0.277. The summed E-state index contributed by atoms with van der Waals surface area (Å²) in [4.78, 5) is 3.96. The Hall–Kier alpha value is -1.00. The van der Waals surface area contributed by atoms with Crippen LogP contribution in [0, 0.1) is 5.82 Å².